The van der Waals surface area contributed by atoms with Crippen LogP contribution in [0.25, 0.3) is 11.4 Å². The average molecular weight is 422 g/mol. The molecule has 0 unspecified atom stereocenters. The second-order valence-electron chi connectivity index (χ2n) is 7.29. The first-order valence-electron chi connectivity index (χ1n) is 10.5. The molecule has 162 valence electrons. The van der Waals surface area contributed by atoms with Crippen molar-refractivity contribution in [1.82, 2.24) is 15.0 Å². The Morgan fingerprint density at radius 2 is 1.90 bits per heavy atom. The number of benzene rings is 2. The molecule has 0 N–H and O–H groups in total. The molecule has 31 heavy (non-hydrogen) atoms. The molecule has 0 aliphatic heterocycles. The Morgan fingerprint density at radius 3 is 2.65 bits per heavy atom. The molecular weight excluding hydrogens is 396 g/mol. The fraction of sp³-hybridized carbons (Fsp3) is 0.348. The molecule has 8 nitrogen and oxygen atoms in total. The SMILES string of the molecule is CCCCN(CCc1nc(-c2cccc([N+](=O)[O-])c2)no1)C(=O)CCc1ccccc1. The van der Waals surface area contributed by atoms with Crippen LogP contribution < -0.4 is 0 Å². The van der Waals surface area contributed by atoms with Gasteiger partial charge in [0.1, 0.15) is 0 Å². The Morgan fingerprint density at radius 1 is 1.10 bits per heavy atom. The first-order valence-corrected chi connectivity index (χ1v) is 10.5. The number of rotatable bonds is 11. The van der Waals surface area contributed by atoms with Gasteiger partial charge in [-0.2, -0.15) is 4.98 Å². The first-order chi connectivity index (χ1) is 15.1. The summed E-state index contributed by atoms with van der Waals surface area (Å²) in [4.78, 5) is 29.5. The van der Waals surface area contributed by atoms with Crippen LogP contribution in [0.1, 0.15) is 37.6 Å². The van der Waals surface area contributed by atoms with Gasteiger partial charge in [0.25, 0.3) is 5.69 Å². The molecule has 0 fully saturated rings. The second-order valence-corrected chi connectivity index (χ2v) is 7.29. The van der Waals surface area contributed by atoms with Gasteiger partial charge < -0.3 is 9.42 Å². The van der Waals surface area contributed by atoms with Crippen LogP contribution in [0.4, 0.5) is 5.69 Å². The monoisotopic (exact) mass is 422 g/mol. The van der Waals surface area contributed by atoms with Crippen molar-refractivity contribution in [2.45, 2.75) is 39.0 Å². The summed E-state index contributed by atoms with van der Waals surface area (Å²) < 4.78 is 5.31. The molecule has 0 aliphatic carbocycles. The molecule has 8 heteroatoms. The quantitative estimate of drug-likeness (QED) is 0.334. The summed E-state index contributed by atoms with van der Waals surface area (Å²) in [6.07, 6.45) is 3.53. The van der Waals surface area contributed by atoms with E-state index in [-0.39, 0.29) is 11.6 Å². The molecule has 0 saturated heterocycles. The highest BCUT2D eigenvalue weighted by atomic mass is 16.6. The Balaban J connectivity index is 1.60. The van der Waals surface area contributed by atoms with Gasteiger partial charge in [0.2, 0.25) is 17.6 Å². The molecule has 0 atom stereocenters. The summed E-state index contributed by atoms with van der Waals surface area (Å²) in [6, 6.07) is 16.1. The maximum Gasteiger partial charge on any atom is 0.270 e. The van der Waals surface area contributed by atoms with Gasteiger partial charge in [-0.3, -0.25) is 14.9 Å². The zero-order chi connectivity index (χ0) is 22.1. The van der Waals surface area contributed by atoms with Crippen molar-refractivity contribution in [3.05, 3.63) is 76.2 Å². The third-order valence-electron chi connectivity index (χ3n) is 4.98. The van der Waals surface area contributed by atoms with Crippen molar-refractivity contribution in [2.24, 2.45) is 0 Å². The van der Waals surface area contributed by atoms with Crippen LogP contribution in [-0.2, 0) is 17.6 Å². The number of aryl methyl sites for hydroxylation is 1. The Hall–Kier alpha value is -3.55. The molecule has 1 amide bonds. The van der Waals surface area contributed by atoms with Gasteiger partial charge in [-0.05, 0) is 18.4 Å². The van der Waals surface area contributed by atoms with Crippen LogP contribution in [0.5, 0.6) is 0 Å². The molecule has 1 aromatic heterocycles. The molecule has 0 bridgehead atoms. The molecular formula is C23H26N4O4. The molecule has 0 saturated carbocycles. The molecule has 1 heterocycles. The third kappa shape index (κ3) is 6.47. The number of hydrogen-bond donors (Lipinski definition) is 0. The molecule has 0 radical (unpaired) electrons. The number of aromatic nitrogens is 2. The van der Waals surface area contributed by atoms with Crippen LogP contribution in [0, 0.1) is 10.1 Å². The van der Waals surface area contributed by atoms with Gasteiger partial charge in [-0.25, -0.2) is 0 Å². The predicted molar refractivity (Wildman–Crippen MR) is 116 cm³/mol. The Labute approximate surface area is 181 Å². The Bertz CT molecular complexity index is 1000. The summed E-state index contributed by atoms with van der Waals surface area (Å²) in [5.41, 5.74) is 1.63. The smallest absolute Gasteiger partial charge is 0.270 e. The maximum atomic E-state index is 12.8. The van der Waals surface area contributed by atoms with Gasteiger partial charge in [-0.1, -0.05) is 61.0 Å². The summed E-state index contributed by atoms with van der Waals surface area (Å²) >= 11 is 0. The third-order valence-corrected chi connectivity index (χ3v) is 4.98. The van der Waals surface area contributed by atoms with Crippen LogP contribution in [0.15, 0.2) is 59.1 Å². The van der Waals surface area contributed by atoms with E-state index >= 15 is 0 Å². The first kappa shape index (κ1) is 22.1. The highest BCUT2D eigenvalue weighted by Gasteiger charge is 2.16. The van der Waals surface area contributed by atoms with Crippen molar-refractivity contribution < 1.29 is 14.2 Å². The van der Waals surface area contributed by atoms with Gasteiger partial charge in [0, 0.05) is 43.6 Å². The number of carbonyl (C=O) groups is 1. The standard InChI is InChI=1S/C23H26N4O4/c1-2-3-15-26(22(28)13-12-18-8-5-4-6-9-18)16-14-21-24-23(25-31-21)19-10-7-11-20(17-19)27(29)30/h4-11,17H,2-3,12-16H2,1H3. The fourth-order valence-electron chi connectivity index (χ4n) is 3.23. The Kier molecular flexibility index (Phi) is 7.86. The molecule has 0 spiro atoms. The van der Waals surface area contributed by atoms with Crippen molar-refractivity contribution in [3.8, 4) is 11.4 Å². The van der Waals surface area contributed by atoms with Gasteiger partial charge in [0.15, 0.2) is 0 Å². The number of hydrogen-bond acceptors (Lipinski definition) is 6. The number of nitrogens with zero attached hydrogens (tertiary/aromatic N) is 4. The normalized spacial score (nSPS) is 10.7. The maximum absolute atomic E-state index is 12.8. The highest BCUT2D eigenvalue weighted by Crippen LogP contribution is 2.21. The number of non-ortho nitro benzene ring substituents is 1. The van der Waals surface area contributed by atoms with Gasteiger partial charge >= 0.3 is 0 Å². The molecule has 3 rings (SSSR count). The lowest BCUT2D eigenvalue weighted by Crippen LogP contribution is -2.34. The van der Waals surface area contributed by atoms with Crippen molar-refractivity contribution in [3.63, 3.8) is 0 Å². The zero-order valence-electron chi connectivity index (χ0n) is 17.6. The number of nitro benzene ring substituents is 1. The lowest BCUT2D eigenvalue weighted by molar-refractivity contribution is -0.384. The fourth-order valence-corrected chi connectivity index (χ4v) is 3.23. The molecule has 3 aromatic rings. The average Bonchev–Trinajstić information content (AvgIpc) is 3.27. The topological polar surface area (TPSA) is 102 Å². The van der Waals surface area contributed by atoms with E-state index in [9.17, 15) is 14.9 Å². The number of nitro groups is 1. The van der Waals surface area contributed by atoms with Gasteiger partial charge in [-0.15, -0.1) is 0 Å². The van der Waals surface area contributed by atoms with E-state index < -0.39 is 4.92 Å². The number of amides is 1. The van der Waals surface area contributed by atoms with Crippen molar-refractivity contribution >= 4 is 11.6 Å². The van der Waals surface area contributed by atoms with Crippen LogP contribution in [-0.4, -0.2) is 39.0 Å². The van der Waals surface area contributed by atoms with Crippen molar-refractivity contribution in [2.75, 3.05) is 13.1 Å². The van der Waals surface area contributed by atoms with Crippen LogP contribution in [0.3, 0.4) is 0 Å². The van der Waals surface area contributed by atoms with Crippen LogP contribution in [0.2, 0.25) is 0 Å². The zero-order valence-corrected chi connectivity index (χ0v) is 17.6. The summed E-state index contributed by atoms with van der Waals surface area (Å²) in [6.45, 7) is 3.27. The van der Waals surface area contributed by atoms with E-state index in [1.165, 1.54) is 12.1 Å². The highest BCUT2D eigenvalue weighted by molar-refractivity contribution is 5.76. The summed E-state index contributed by atoms with van der Waals surface area (Å²) in [5, 5.41) is 14.9. The van der Waals surface area contributed by atoms with E-state index in [0.717, 1.165) is 18.4 Å². The van der Waals surface area contributed by atoms with Crippen LogP contribution >= 0.6 is 0 Å². The lowest BCUT2D eigenvalue weighted by Gasteiger charge is -2.22. The molecule has 0 aliphatic rings. The minimum Gasteiger partial charge on any atom is -0.342 e. The number of carbonyl (C=O) groups excluding carboxylic acids is 1. The van der Waals surface area contributed by atoms with E-state index in [4.69, 9.17) is 4.52 Å². The second kappa shape index (κ2) is 11.0. The predicted octanol–water partition coefficient (Wildman–Crippen LogP) is 4.45. The van der Waals surface area contributed by atoms with E-state index in [0.29, 0.717) is 49.6 Å². The largest absolute Gasteiger partial charge is 0.342 e. The molecule has 2 aromatic carbocycles. The number of unbranched alkanes of at least 4 members (excludes halogenated alkanes) is 1. The summed E-state index contributed by atoms with van der Waals surface area (Å²) in [5.74, 6) is 0.809. The van der Waals surface area contributed by atoms with Crippen molar-refractivity contribution in [1.29, 1.82) is 0 Å². The van der Waals surface area contributed by atoms with E-state index in [1.54, 1.807) is 12.1 Å². The minimum absolute atomic E-state index is 0.0291. The van der Waals surface area contributed by atoms with E-state index in [2.05, 4.69) is 17.1 Å². The van der Waals surface area contributed by atoms with Gasteiger partial charge in [0.05, 0.1) is 4.92 Å². The lowest BCUT2D eigenvalue weighted by atomic mass is 10.1. The minimum atomic E-state index is -0.461. The summed E-state index contributed by atoms with van der Waals surface area (Å²) in [7, 11) is 0. The van der Waals surface area contributed by atoms with E-state index in [1.807, 2.05) is 35.2 Å².